The average Bonchev–Trinajstić information content (AvgIpc) is 3.37. The molecule has 4 aromatic rings. The van der Waals surface area contributed by atoms with Gasteiger partial charge in [-0.05, 0) is 52.1 Å². The zero-order valence-electron chi connectivity index (χ0n) is 14.1. The van der Waals surface area contributed by atoms with Gasteiger partial charge in [-0.1, -0.05) is 12.1 Å². The Balaban J connectivity index is 1.71. The number of β-amino-alcohol motifs (C(OH)–C–C–N with tert-alkyl or cyclic N) is 1. The number of thiophene rings is 1. The average molecular weight is 366 g/mol. The molecule has 7 heteroatoms. The van der Waals surface area contributed by atoms with E-state index in [2.05, 4.69) is 44.7 Å². The first-order valence-corrected chi connectivity index (χ1v) is 9.59. The molecule has 132 valence electrons. The third-order valence-corrected chi connectivity index (χ3v) is 5.77. The summed E-state index contributed by atoms with van der Waals surface area (Å²) >= 11 is 1.66. The smallest absolute Gasteiger partial charge is 0.348 e. The van der Waals surface area contributed by atoms with Crippen molar-refractivity contribution in [3.63, 3.8) is 0 Å². The van der Waals surface area contributed by atoms with Crippen LogP contribution < -0.4 is 5.69 Å². The van der Waals surface area contributed by atoms with Crippen LogP contribution in [0.15, 0.2) is 45.9 Å². The first kappa shape index (κ1) is 15.7. The quantitative estimate of drug-likeness (QED) is 0.584. The third kappa shape index (κ3) is 2.56. The maximum atomic E-state index is 12.3. The zero-order chi connectivity index (χ0) is 17.7. The van der Waals surface area contributed by atoms with Crippen LogP contribution in [0.2, 0.25) is 0 Å². The number of rotatable bonds is 3. The van der Waals surface area contributed by atoms with Crippen LogP contribution in [0, 0.1) is 0 Å². The Bertz CT molecular complexity index is 1150. The number of pyridine rings is 1. The normalized spacial score (nSPS) is 18.3. The van der Waals surface area contributed by atoms with Gasteiger partial charge in [0.05, 0.1) is 11.6 Å². The van der Waals surface area contributed by atoms with E-state index >= 15 is 0 Å². The summed E-state index contributed by atoms with van der Waals surface area (Å²) in [4.78, 5) is 14.5. The van der Waals surface area contributed by atoms with Gasteiger partial charge in [0.15, 0.2) is 5.65 Å². The molecule has 3 aromatic heterocycles. The predicted octanol–water partition coefficient (Wildman–Crippen LogP) is 2.47. The van der Waals surface area contributed by atoms with Crippen LogP contribution in [0.5, 0.6) is 0 Å². The number of aromatic amines is 1. The van der Waals surface area contributed by atoms with E-state index in [-0.39, 0.29) is 11.8 Å². The number of nitrogens with one attached hydrogen (secondary N) is 1. The van der Waals surface area contributed by atoms with Gasteiger partial charge in [-0.15, -0.1) is 0 Å². The van der Waals surface area contributed by atoms with Crippen LogP contribution in [-0.2, 0) is 6.54 Å². The van der Waals surface area contributed by atoms with Crippen molar-refractivity contribution in [1.29, 1.82) is 0 Å². The summed E-state index contributed by atoms with van der Waals surface area (Å²) in [5, 5.41) is 21.7. The lowest BCUT2D eigenvalue weighted by Crippen LogP contribution is -2.22. The summed E-state index contributed by atoms with van der Waals surface area (Å²) in [7, 11) is 0. The molecule has 0 saturated carbocycles. The fourth-order valence-electron chi connectivity index (χ4n) is 3.80. The Labute approximate surface area is 153 Å². The topological polar surface area (TPSA) is 73.6 Å². The first-order valence-electron chi connectivity index (χ1n) is 8.65. The molecule has 1 atom stereocenters. The second kappa shape index (κ2) is 6.05. The molecule has 0 radical (unpaired) electrons. The number of nitrogens with zero attached hydrogens (tertiary/aromatic N) is 3. The number of aromatic nitrogens is 3. The minimum atomic E-state index is -0.247. The van der Waals surface area contributed by atoms with Gasteiger partial charge in [-0.25, -0.2) is 14.3 Å². The lowest BCUT2D eigenvalue weighted by molar-refractivity contribution is 0.175. The highest BCUT2D eigenvalue weighted by Gasteiger charge is 2.21. The minimum absolute atomic E-state index is 0.226. The number of aliphatic hydroxyl groups excluding tert-OH is 1. The van der Waals surface area contributed by atoms with Crippen molar-refractivity contribution in [2.75, 3.05) is 13.1 Å². The standard InChI is InChI=1S/C19H18N4O2S/c24-15-3-5-22(10-15)9-14-8-18-20-21-19(25)23(18)17-7-12(1-2-16(14)17)13-4-6-26-11-13/h1-2,4,6-8,11,15,24H,3,5,9-10H2,(H,21,25)/t15-/m1/s1. The Morgan fingerprint density at radius 3 is 2.96 bits per heavy atom. The maximum Gasteiger partial charge on any atom is 0.348 e. The van der Waals surface area contributed by atoms with Crippen LogP contribution in [0.1, 0.15) is 12.0 Å². The molecule has 2 N–H and O–H groups in total. The van der Waals surface area contributed by atoms with Gasteiger partial charge in [0.2, 0.25) is 0 Å². The maximum absolute atomic E-state index is 12.3. The highest BCUT2D eigenvalue weighted by molar-refractivity contribution is 7.08. The summed E-state index contributed by atoms with van der Waals surface area (Å²) in [6, 6.07) is 10.3. The Kier molecular flexibility index (Phi) is 3.66. The van der Waals surface area contributed by atoms with E-state index < -0.39 is 0 Å². The largest absolute Gasteiger partial charge is 0.392 e. The lowest BCUT2D eigenvalue weighted by atomic mass is 10.0. The van der Waals surface area contributed by atoms with Crippen LogP contribution in [-0.4, -0.2) is 43.8 Å². The van der Waals surface area contributed by atoms with Crippen molar-refractivity contribution in [3.8, 4) is 11.1 Å². The van der Waals surface area contributed by atoms with Crippen molar-refractivity contribution in [3.05, 3.63) is 57.1 Å². The number of fused-ring (bicyclic) bond motifs is 3. The number of hydrogen-bond donors (Lipinski definition) is 2. The number of aliphatic hydroxyl groups is 1. The van der Waals surface area contributed by atoms with Crippen molar-refractivity contribution in [1.82, 2.24) is 19.5 Å². The van der Waals surface area contributed by atoms with E-state index in [0.29, 0.717) is 12.2 Å². The second-order valence-electron chi connectivity index (χ2n) is 6.81. The van der Waals surface area contributed by atoms with Crippen molar-refractivity contribution >= 4 is 27.9 Å². The molecule has 1 saturated heterocycles. The van der Waals surface area contributed by atoms with E-state index in [1.807, 2.05) is 11.4 Å². The molecule has 6 nitrogen and oxygen atoms in total. The molecule has 1 aromatic carbocycles. The molecule has 0 unspecified atom stereocenters. The van der Waals surface area contributed by atoms with Crippen molar-refractivity contribution in [2.24, 2.45) is 0 Å². The van der Waals surface area contributed by atoms with Crippen LogP contribution in [0.4, 0.5) is 0 Å². The zero-order valence-corrected chi connectivity index (χ0v) is 14.9. The number of benzene rings is 1. The van der Waals surface area contributed by atoms with Gasteiger partial charge < -0.3 is 5.11 Å². The number of likely N-dealkylation sites (tertiary alicyclic amines) is 1. The highest BCUT2D eigenvalue weighted by Crippen LogP contribution is 2.29. The van der Waals surface area contributed by atoms with Gasteiger partial charge in [-0.2, -0.15) is 16.4 Å². The van der Waals surface area contributed by atoms with Crippen LogP contribution in [0.3, 0.4) is 0 Å². The van der Waals surface area contributed by atoms with E-state index in [1.54, 1.807) is 15.7 Å². The SMILES string of the molecule is O=c1[nH]nc2cc(CN3CC[C@@H](O)C3)c3ccc(-c4ccsc4)cc3n12. The third-order valence-electron chi connectivity index (χ3n) is 5.08. The molecule has 1 fully saturated rings. The van der Waals surface area contributed by atoms with E-state index in [1.165, 1.54) is 0 Å². The Hall–Kier alpha value is -2.48. The van der Waals surface area contributed by atoms with E-state index in [9.17, 15) is 9.90 Å². The van der Waals surface area contributed by atoms with E-state index in [4.69, 9.17) is 0 Å². The Morgan fingerprint density at radius 2 is 2.19 bits per heavy atom. The van der Waals surface area contributed by atoms with Crippen molar-refractivity contribution in [2.45, 2.75) is 19.1 Å². The molecular weight excluding hydrogens is 348 g/mol. The van der Waals surface area contributed by atoms with Crippen LogP contribution >= 0.6 is 11.3 Å². The van der Waals surface area contributed by atoms with Gasteiger partial charge in [0.1, 0.15) is 0 Å². The highest BCUT2D eigenvalue weighted by atomic mass is 32.1. The molecule has 0 aliphatic carbocycles. The minimum Gasteiger partial charge on any atom is -0.392 e. The van der Waals surface area contributed by atoms with Gasteiger partial charge in [-0.3, -0.25) is 4.90 Å². The predicted molar refractivity (Wildman–Crippen MR) is 103 cm³/mol. The molecule has 0 spiro atoms. The van der Waals surface area contributed by atoms with Gasteiger partial charge in [0.25, 0.3) is 0 Å². The fraction of sp³-hybridized carbons (Fsp3) is 0.263. The van der Waals surface area contributed by atoms with Crippen LogP contribution in [0.25, 0.3) is 27.7 Å². The van der Waals surface area contributed by atoms with Crippen molar-refractivity contribution < 1.29 is 5.11 Å². The Morgan fingerprint density at radius 1 is 1.27 bits per heavy atom. The van der Waals surface area contributed by atoms with Gasteiger partial charge in [0, 0.05) is 25.0 Å². The molecule has 4 heterocycles. The molecule has 26 heavy (non-hydrogen) atoms. The number of H-pyrrole nitrogens is 1. The molecule has 1 aliphatic heterocycles. The summed E-state index contributed by atoms with van der Waals surface area (Å²) in [5.41, 5.74) is 4.61. The second-order valence-corrected chi connectivity index (χ2v) is 7.59. The molecule has 5 rings (SSSR count). The monoisotopic (exact) mass is 366 g/mol. The molecule has 0 bridgehead atoms. The summed E-state index contributed by atoms with van der Waals surface area (Å²) in [6.07, 6.45) is 0.563. The summed E-state index contributed by atoms with van der Waals surface area (Å²) in [6.45, 7) is 2.31. The summed E-state index contributed by atoms with van der Waals surface area (Å²) < 4.78 is 1.63. The number of hydrogen-bond acceptors (Lipinski definition) is 5. The molecule has 0 amide bonds. The molecule has 1 aliphatic rings. The fourth-order valence-corrected chi connectivity index (χ4v) is 4.46. The molecular formula is C19H18N4O2S. The summed E-state index contributed by atoms with van der Waals surface area (Å²) in [5.74, 6) is 0. The van der Waals surface area contributed by atoms with Gasteiger partial charge >= 0.3 is 5.69 Å². The first-order chi connectivity index (χ1) is 12.7. The lowest BCUT2D eigenvalue weighted by Gasteiger charge is -2.17. The van der Waals surface area contributed by atoms with E-state index in [0.717, 1.165) is 47.1 Å².